The summed E-state index contributed by atoms with van der Waals surface area (Å²) in [7, 11) is 0. The molecule has 0 aromatic heterocycles. The predicted molar refractivity (Wildman–Crippen MR) is 127 cm³/mol. The number of aliphatic carboxylic acids is 1. The molecule has 4 unspecified atom stereocenters. The van der Waals surface area contributed by atoms with E-state index in [2.05, 4.69) is 46.2 Å². The highest BCUT2D eigenvalue weighted by molar-refractivity contribution is 7.80. The van der Waals surface area contributed by atoms with Crippen LogP contribution in [0.25, 0.3) is 0 Å². The standard InChI is InChI=1S/C17H32N8O6S2/c18-8(3-4-12(19)26)13(27)24-10(6-32)15(29)25-11(7-33)14(28)23-9(16(30)31)2-1-5-22-17(20)21/h8-11,32-33H,1-7,18H2,(H2,19,26)(H,23,28)(H,24,27)(H,25,29)(H,30,31)(H4,20,21,22). The van der Waals surface area contributed by atoms with Crippen LogP contribution in [0.3, 0.4) is 0 Å². The van der Waals surface area contributed by atoms with E-state index >= 15 is 0 Å². The fourth-order valence-electron chi connectivity index (χ4n) is 2.40. The van der Waals surface area contributed by atoms with Crippen LogP contribution in [0.15, 0.2) is 4.99 Å². The highest BCUT2D eigenvalue weighted by Crippen LogP contribution is 2.02. The van der Waals surface area contributed by atoms with Gasteiger partial charge in [0, 0.05) is 24.5 Å². The summed E-state index contributed by atoms with van der Waals surface area (Å²) in [6, 6.07) is -4.66. The lowest BCUT2D eigenvalue weighted by molar-refractivity contribution is -0.142. The first-order valence-corrected chi connectivity index (χ1v) is 11.1. The molecule has 0 aromatic carbocycles. The molecular formula is C17H32N8O6S2. The first-order valence-electron chi connectivity index (χ1n) is 9.87. The van der Waals surface area contributed by atoms with Gasteiger partial charge in [0.15, 0.2) is 5.96 Å². The normalized spacial score (nSPS) is 14.2. The van der Waals surface area contributed by atoms with Gasteiger partial charge in [-0.3, -0.25) is 24.2 Å². The van der Waals surface area contributed by atoms with E-state index in [0.29, 0.717) is 0 Å². The molecule has 0 radical (unpaired) electrons. The van der Waals surface area contributed by atoms with Gasteiger partial charge in [0.05, 0.1) is 6.04 Å². The molecule has 188 valence electrons. The van der Waals surface area contributed by atoms with Crippen LogP contribution in [-0.2, 0) is 24.0 Å². The van der Waals surface area contributed by atoms with Crippen LogP contribution in [0.2, 0.25) is 0 Å². The van der Waals surface area contributed by atoms with Crippen molar-refractivity contribution < 1.29 is 29.1 Å². The lowest BCUT2D eigenvalue weighted by atomic mass is 10.1. The summed E-state index contributed by atoms with van der Waals surface area (Å²) in [6.07, 6.45) is 0.217. The number of hydrogen-bond donors (Lipinski definition) is 10. The van der Waals surface area contributed by atoms with Gasteiger partial charge in [0.25, 0.3) is 0 Å². The molecule has 0 aliphatic rings. The third-order valence-electron chi connectivity index (χ3n) is 4.23. The molecule has 0 saturated heterocycles. The zero-order chi connectivity index (χ0) is 25.6. The summed E-state index contributed by atoms with van der Waals surface area (Å²) < 4.78 is 0. The number of amides is 4. The SMILES string of the molecule is NC(=O)CCC(N)C(=O)NC(CS)C(=O)NC(CS)C(=O)NC(CCCN=C(N)N)C(=O)O. The second-order valence-corrected chi connectivity index (χ2v) is 7.68. The molecule has 4 atom stereocenters. The first-order chi connectivity index (χ1) is 15.4. The number of carboxylic acids is 1. The average molecular weight is 509 g/mol. The highest BCUT2D eigenvalue weighted by Gasteiger charge is 2.29. The molecule has 0 aliphatic heterocycles. The maximum atomic E-state index is 12.5. The van der Waals surface area contributed by atoms with Crippen LogP contribution in [0.1, 0.15) is 25.7 Å². The van der Waals surface area contributed by atoms with E-state index < -0.39 is 53.8 Å². The molecule has 0 saturated carbocycles. The van der Waals surface area contributed by atoms with Crippen LogP contribution in [0.5, 0.6) is 0 Å². The second kappa shape index (κ2) is 16.0. The van der Waals surface area contributed by atoms with Crippen LogP contribution < -0.4 is 38.9 Å². The van der Waals surface area contributed by atoms with E-state index in [1.165, 1.54) is 0 Å². The molecule has 12 N–H and O–H groups in total. The molecule has 0 rings (SSSR count). The van der Waals surface area contributed by atoms with Gasteiger partial charge in [-0.25, -0.2) is 4.79 Å². The first kappa shape index (κ1) is 30.3. The summed E-state index contributed by atoms with van der Waals surface area (Å²) >= 11 is 8.03. The lowest BCUT2D eigenvalue weighted by Crippen LogP contribution is -2.58. The van der Waals surface area contributed by atoms with Crippen LogP contribution in [0.4, 0.5) is 0 Å². The number of guanidine groups is 1. The number of carbonyl (C=O) groups is 5. The number of rotatable bonds is 16. The zero-order valence-electron chi connectivity index (χ0n) is 17.9. The maximum absolute atomic E-state index is 12.5. The Kier molecular flexibility index (Phi) is 14.7. The van der Waals surface area contributed by atoms with Crippen molar-refractivity contribution in [1.82, 2.24) is 16.0 Å². The van der Waals surface area contributed by atoms with Crippen molar-refractivity contribution in [2.75, 3.05) is 18.1 Å². The molecule has 33 heavy (non-hydrogen) atoms. The molecule has 4 amide bonds. The minimum atomic E-state index is -1.28. The third-order valence-corrected chi connectivity index (χ3v) is 4.96. The van der Waals surface area contributed by atoms with Gasteiger partial charge in [-0.05, 0) is 19.3 Å². The van der Waals surface area contributed by atoms with E-state index in [1.54, 1.807) is 0 Å². The molecule has 0 aromatic rings. The van der Waals surface area contributed by atoms with Gasteiger partial charge < -0.3 is 44.0 Å². The zero-order valence-corrected chi connectivity index (χ0v) is 19.7. The number of primary amides is 1. The molecule has 0 bridgehead atoms. The summed E-state index contributed by atoms with van der Waals surface area (Å²) in [5, 5.41) is 16.4. The summed E-state index contributed by atoms with van der Waals surface area (Å²) in [6.45, 7) is 0.180. The Balaban J connectivity index is 4.94. The van der Waals surface area contributed by atoms with Crippen LogP contribution >= 0.6 is 25.3 Å². The Morgan fingerprint density at radius 3 is 1.73 bits per heavy atom. The Hall–Kier alpha value is -2.72. The van der Waals surface area contributed by atoms with Crippen molar-refractivity contribution in [1.29, 1.82) is 0 Å². The second-order valence-electron chi connectivity index (χ2n) is 6.95. The summed E-state index contributed by atoms with van der Waals surface area (Å²) in [5.74, 6) is -4.55. The van der Waals surface area contributed by atoms with Crippen molar-refractivity contribution in [3.63, 3.8) is 0 Å². The van der Waals surface area contributed by atoms with Crippen molar-refractivity contribution in [2.24, 2.45) is 27.9 Å². The smallest absolute Gasteiger partial charge is 0.326 e. The van der Waals surface area contributed by atoms with Gasteiger partial charge in [0.2, 0.25) is 23.6 Å². The van der Waals surface area contributed by atoms with Gasteiger partial charge in [-0.1, -0.05) is 0 Å². The van der Waals surface area contributed by atoms with Crippen LogP contribution in [0, 0.1) is 0 Å². The molecule has 0 spiro atoms. The minimum absolute atomic E-state index is 0.0104. The predicted octanol–water partition coefficient (Wildman–Crippen LogP) is -3.97. The number of thiol groups is 2. The number of nitrogens with zero attached hydrogens (tertiary/aromatic N) is 1. The molecule has 0 aliphatic carbocycles. The largest absolute Gasteiger partial charge is 0.480 e. The van der Waals surface area contributed by atoms with Crippen molar-refractivity contribution in [3.05, 3.63) is 0 Å². The van der Waals surface area contributed by atoms with E-state index in [-0.39, 0.29) is 49.7 Å². The fraction of sp³-hybridized carbons (Fsp3) is 0.647. The summed E-state index contributed by atoms with van der Waals surface area (Å²) in [5.41, 5.74) is 21.1. The quantitative estimate of drug-likeness (QED) is 0.0421. The summed E-state index contributed by atoms with van der Waals surface area (Å²) in [4.78, 5) is 63.1. The average Bonchev–Trinajstić information content (AvgIpc) is 2.74. The molecule has 0 heterocycles. The van der Waals surface area contributed by atoms with Crippen molar-refractivity contribution in [3.8, 4) is 0 Å². The molecule has 0 fully saturated rings. The number of carboxylic acid groups (broad SMARTS) is 1. The lowest BCUT2D eigenvalue weighted by Gasteiger charge is -2.23. The maximum Gasteiger partial charge on any atom is 0.326 e. The molecule has 16 heteroatoms. The minimum Gasteiger partial charge on any atom is -0.480 e. The number of carbonyl (C=O) groups excluding carboxylic acids is 4. The Bertz CT molecular complexity index is 734. The Morgan fingerprint density at radius 2 is 1.30 bits per heavy atom. The van der Waals surface area contributed by atoms with Gasteiger partial charge in [-0.15, -0.1) is 0 Å². The number of aliphatic imine (C=N–C) groups is 1. The van der Waals surface area contributed by atoms with E-state index in [9.17, 15) is 29.1 Å². The van der Waals surface area contributed by atoms with E-state index in [1.807, 2.05) is 0 Å². The van der Waals surface area contributed by atoms with E-state index in [4.69, 9.17) is 22.9 Å². The fourth-order valence-corrected chi connectivity index (χ4v) is 2.92. The number of hydrogen-bond acceptors (Lipinski definition) is 9. The van der Waals surface area contributed by atoms with E-state index in [0.717, 1.165) is 0 Å². The molecule has 14 nitrogen and oxygen atoms in total. The van der Waals surface area contributed by atoms with Gasteiger partial charge in [0.1, 0.15) is 18.1 Å². The van der Waals surface area contributed by atoms with Crippen LogP contribution in [-0.4, -0.2) is 82.9 Å². The topological polar surface area (TPSA) is 258 Å². The van der Waals surface area contributed by atoms with Gasteiger partial charge in [-0.2, -0.15) is 25.3 Å². The monoisotopic (exact) mass is 508 g/mol. The van der Waals surface area contributed by atoms with Crippen molar-refractivity contribution >= 4 is 60.8 Å². The Morgan fingerprint density at radius 1 is 0.818 bits per heavy atom. The van der Waals surface area contributed by atoms with Gasteiger partial charge >= 0.3 is 5.97 Å². The van der Waals surface area contributed by atoms with Crippen molar-refractivity contribution in [2.45, 2.75) is 49.9 Å². The third kappa shape index (κ3) is 12.8. The number of nitrogens with two attached hydrogens (primary N) is 4. The highest BCUT2D eigenvalue weighted by atomic mass is 32.1. The molecular weight excluding hydrogens is 476 g/mol. The number of nitrogens with one attached hydrogen (secondary N) is 3. The Labute approximate surface area is 201 Å².